The Bertz CT molecular complexity index is 1070. The number of anilines is 1. The maximum Gasteiger partial charge on any atom is 0.157 e. The van der Waals surface area contributed by atoms with Gasteiger partial charge in [-0.3, -0.25) is 0 Å². The van der Waals surface area contributed by atoms with Gasteiger partial charge in [0.15, 0.2) is 5.65 Å². The third-order valence-electron chi connectivity index (χ3n) is 6.82. The maximum absolute atomic E-state index is 10.3. The van der Waals surface area contributed by atoms with E-state index < -0.39 is 12.2 Å². The molecule has 0 amide bonds. The second kappa shape index (κ2) is 6.54. The Morgan fingerprint density at radius 1 is 1.14 bits per heavy atom. The first-order valence-electron chi connectivity index (χ1n) is 10.4. The van der Waals surface area contributed by atoms with Crippen molar-refractivity contribution in [2.75, 3.05) is 5.32 Å². The third-order valence-corrected chi connectivity index (χ3v) is 6.82. The molecule has 1 aromatic carbocycles. The second-order valence-corrected chi connectivity index (χ2v) is 9.33. The molecular formula is C23H28N4O2. The Kier molecular flexibility index (Phi) is 4.19. The SMILES string of the molecule is C[C@@H]1C[C@@H](Nc2ccnc3cc(-c4ccc5c(c4)C(C)(C)CC5)nn23)[C@H](O)[C@@H]1O. The van der Waals surface area contributed by atoms with Gasteiger partial charge >= 0.3 is 0 Å². The van der Waals surface area contributed by atoms with Gasteiger partial charge in [0.25, 0.3) is 0 Å². The molecule has 0 bridgehead atoms. The van der Waals surface area contributed by atoms with Gasteiger partial charge in [-0.25, -0.2) is 4.98 Å². The van der Waals surface area contributed by atoms with Gasteiger partial charge in [-0.15, -0.1) is 0 Å². The number of nitrogens with one attached hydrogen (secondary N) is 1. The highest BCUT2D eigenvalue weighted by molar-refractivity contribution is 5.67. The molecule has 3 aromatic rings. The molecule has 2 aliphatic rings. The minimum absolute atomic E-state index is 0.0581. The number of nitrogens with zero attached hydrogens (tertiary/aromatic N) is 3. The van der Waals surface area contributed by atoms with Gasteiger partial charge in [0.2, 0.25) is 0 Å². The molecule has 5 rings (SSSR count). The second-order valence-electron chi connectivity index (χ2n) is 9.33. The number of hydrogen-bond donors (Lipinski definition) is 3. The molecule has 1 fully saturated rings. The standard InChI is InChI=1S/C23H28N4O2/c1-13-10-18(22(29)21(13)28)25-19-7-9-24-20-12-17(26-27(19)20)15-5-4-14-6-8-23(2,3)16(14)11-15/h4-5,7,9,11-13,18,21-22,25,28-29H,6,8,10H2,1-3H3/t13-,18-,21-,22+/m1/s1. The van der Waals surface area contributed by atoms with Crippen LogP contribution in [-0.2, 0) is 11.8 Å². The number of rotatable bonds is 3. The highest BCUT2D eigenvalue weighted by Crippen LogP contribution is 2.40. The summed E-state index contributed by atoms with van der Waals surface area (Å²) in [6.45, 7) is 6.56. The fourth-order valence-corrected chi connectivity index (χ4v) is 4.90. The molecule has 4 atom stereocenters. The Balaban J connectivity index is 1.50. The van der Waals surface area contributed by atoms with E-state index in [0.717, 1.165) is 29.1 Å². The lowest BCUT2D eigenvalue weighted by Gasteiger charge is -2.19. The fourth-order valence-electron chi connectivity index (χ4n) is 4.90. The zero-order chi connectivity index (χ0) is 20.3. The number of hydrogen-bond acceptors (Lipinski definition) is 5. The smallest absolute Gasteiger partial charge is 0.157 e. The van der Waals surface area contributed by atoms with Gasteiger partial charge in [0.1, 0.15) is 11.9 Å². The van der Waals surface area contributed by atoms with Crippen molar-refractivity contribution in [3.05, 3.63) is 47.7 Å². The maximum atomic E-state index is 10.3. The number of aryl methyl sites for hydroxylation is 1. The van der Waals surface area contributed by atoms with Gasteiger partial charge in [0, 0.05) is 17.8 Å². The first-order valence-corrected chi connectivity index (χ1v) is 10.4. The average Bonchev–Trinajstić information content (AvgIpc) is 3.34. The fraction of sp³-hybridized carbons (Fsp3) is 0.478. The van der Waals surface area contributed by atoms with Crippen molar-refractivity contribution in [1.29, 1.82) is 0 Å². The van der Waals surface area contributed by atoms with E-state index in [9.17, 15) is 10.2 Å². The van der Waals surface area contributed by atoms with E-state index in [4.69, 9.17) is 5.10 Å². The highest BCUT2D eigenvalue weighted by atomic mass is 16.3. The summed E-state index contributed by atoms with van der Waals surface area (Å²) in [5.41, 5.74) is 5.79. The van der Waals surface area contributed by atoms with Crippen LogP contribution < -0.4 is 5.32 Å². The minimum Gasteiger partial charge on any atom is -0.390 e. The topological polar surface area (TPSA) is 82.7 Å². The predicted molar refractivity (Wildman–Crippen MR) is 113 cm³/mol. The van der Waals surface area contributed by atoms with Crippen molar-refractivity contribution in [3.8, 4) is 11.3 Å². The van der Waals surface area contributed by atoms with Crippen LogP contribution >= 0.6 is 0 Å². The normalized spacial score (nSPS) is 28.0. The summed E-state index contributed by atoms with van der Waals surface area (Å²) in [5.74, 6) is 0.830. The largest absolute Gasteiger partial charge is 0.390 e. The first kappa shape index (κ1) is 18.6. The van der Waals surface area contributed by atoms with Crippen LogP contribution in [-0.4, -0.2) is 43.1 Å². The summed E-state index contributed by atoms with van der Waals surface area (Å²) in [6.07, 6.45) is 3.28. The summed E-state index contributed by atoms with van der Waals surface area (Å²) in [4.78, 5) is 4.46. The molecule has 2 aromatic heterocycles. The first-order chi connectivity index (χ1) is 13.8. The van der Waals surface area contributed by atoms with Gasteiger partial charge in [0.05, 0.1) is 17.8 Å². The summed E-state index contributed by atoms with van der Waals surface area (Å²) >= 11 is 0. The average molecular weight is 393 g/mol. The molecule has 6 nitrogen and oxygen atoms in total. The Hall–Kier alpha value is -2.44. The lowest BCUT2D eigenvalue weighted by molar-refractivity contribution is 0.0210. The van der Waals surface area contributed by atoms with Crippen molar-refractivity contribution >= 4 is 11.5 Å². The Morgan fingerprint density at radius 3 is 2.72 bits per heavy atom. The van der Waals surface area contributed by atoms with E-state index in [2.05, 4.69) is 42.3 Å². The van der Waals surface area contributed by atoms with E-state index in [0.29, 0.717) is 6.42 Å². The van der Waals surface area contributed by atoms with E-state index in [1.807, 2.05) is 19.1 Å². The molecule has 6 heteroatoms. The molecule has 0 unspecified atom stereocenters. The molecule has 2 heterocycles. The van der Waals surface area contributed by atoms with E-state index in [1.54, 1.807) is 10.7 Å². The molecule has 0 spiro atoms. The number of benzene rings is 1. The summed E-state index contributed by atoms with van der Waals surface area (Å²) < 4.78 is 1.79. The quantitative estimate of drug-likeness (QED) is 0.638. The lowest BCUT2D eigenvalue weighted by Crippen LogP contribution is -2.35. The van der Waals surface area contributed by atoms with Crippen LogP contribution in [0.3, 0.4) is 0 Å². The van der Waals surface area contributed by atoms with Crippen molar-refractivity contribution < 1.29 is 10.2 Å². The molecule has 0 radical (unpaired) electrons. The van der Waals surface area contributed by atoms with E-state index in [-0.39, 0.29) is 17.4 Å². The van der Waals surface area contributed by atoms with Crippen LogP contribution in [0.1, 0.15) is 44.7 Å². The summed E-state index contributed by atoms with van der Waals surface area (Å²) in [7, 11) is 0. The summed E-state index contributed by atoms with van der Waals surface area (Å²) in [6, 6.07) is 10.3. The van der Waals surface area contributed by atoms with Crippen LogP contribution in [0, 0.1) is 5.92 Å². The Morgan fingerprint density at radius 2 is 1.97 bits per heavy atom. The van der Waals surface area contributed by atoms with E-state index >= 15 is 0 Å². The third kappa shape index (κ3) is 3.02. The molecule has 3 N–H and O–H groups in total. The van der Waals surface area contributed by atoms with E-state index in [1.165, 1.54) is 17.5 Å². The predicted octanol–water partition coefficient (Wildman–Crippen LogP) is 3.16. The van der Waals surface area contributed by atoms with Crippen LogP contribution in [0.5, 0.6) is 0 Å². The molecule has 1 saturated carbocycles. The van der Waals surface area contributed by atoms with Gasteiger partial charge in [-0.05, 0) is 53.9 Å². The summed E-state index contributed by atoms with van der Waals surface area (Å²) in [5, 5.41) is 28.6. The zero-order valence-corrected chi connectivity index (χ0v) is 17.1. The Labute approximate surface area is 170 Å². The van der Waals surface area contributed by atoms with Gasteiger partial charge < -0.3 is 15.5 Å². The monoisotopic (exact) mass is 392 g/mol. The van der Waals surface area contributed by atoms with Crippen LogP contribution in [0.15, 0.2) is 36.5 Å². The highest BCUT2D eigenvalue weighted by Gasteiger charge is 2.39. The number of aliphatic hydroxyl groups excluding tert-OH is 2. The van der Waals surface area contributed by atoms with Gasteiger partial charge in [-0.2, -0.15) is 9.61 Å². The minimum atomic E-state index is -0.790. The number of fused-ring (bicyclic) bond motifs is 2. The van der Waals surface area contributed by atoms with Crippen LogP contribution in [0.25, 0.3) is 16.9 Å². The van der Waals surface area contributed by atoms with Crippen molar-refractivity contribution in [2.45, 2.75) is 63.7 Å². The van der Waals surface area contributed by atoms with Crippen molar-refractivity contribution in [1.82, 2.24) is 14.6 Å². The van der Waals surface area contributed by atoms with Crippen molar-refractivity contribution in [2.24, 2.45) is 5.92 Å². The lowest BCUT2D eigenvalue weighted by atomic mass is 9.85. The molecule has 29 heavy (non-hydrogen) atoms. The van der Waals surface area contributed by atoms with Crippen molar-refractivity contribution in [3.63, 3.8) is 0 Å². The molecular weight excluding hydrogens is 364 g/mol. The molecule has 0 aliphatic heterocycles. The molecule has 152 valence electrons. The molecule has 0 saturated heterocycles. The van der Waals surface area contributed by atoms with Crippen LogP contribution in [0.2, 0.25) is 0 Å². The number of aliphatic hydroxyl groups is 2. The van der Waals surface area contributed by atoms with Gasteiger partial charge in [-0.1, -0.05) is 32.9 Å². The number of aromatic nitrogens is 3. The zero-order valence-electron chi connectivity index (χ0n) is 17.1. The van der Waals surface area contributed by atoms with Crippen LogP contribution in [0.4, 0.5) is 5.82 Å². The molecule has 2 aliphatic carbocycles.